The number of nitrogens with zero attached hydrogens (tertiary/aromatic N) is 1. The van der Waals surface area contributed by atoms with Gasteiger partial charge < -0.3 is 0 Å². The maximum Gasteiger partial charge on any atom is 0.136 e. The second kappa shape index (κ2) is 6.51. The quantitative estimate of drug-likeness (QED) is 0.801. The summed E-state index contributed by atoms with van der Waals surface area (Å²) in [4.78, 5) is 0.591. The molecular weight excluding hydrogens is 223 g/mol. The van der Waals surface area contributed by atoms with Crippen molar-refractivity contribution in [2.75, 3.05) is 5.75 Å². The smallest absolute Gasteiger partial charge is 0.136 e. The molecule has 4 heteroatoms. The standard InChI is InChI=1S/C12H15FN2S/c1-9(2)15-10(7-14)8-16-12-6-4-3-5-11(12)13/h3-6,9-10,15H,8H2,1-2H3. The zero-order valence-corrected chi connectivity index (χ0v) is 10.2. The average molecular weight is 238 g/mol. The van der Waals surface area contributed by atoms with Crippen LogP contribution in [0.15, 0.2) is 29.2 Å². The van der Waals surface area contributed by atoms with Gasteiger partial charge in [-0.2, -0.15) is 5.26 Å². The zero-order valence-electron chi connectivity index (χ0n) is 9.40. The summed E-state index contributed by atoms with van der Waals surface area (Å²) < 4.78 is 13.3. The Morgan fingerprint density at radius 1 is 1.44 bits per heavy atom. The van der Waals surface area contributed by atoms with Gasteiger partial charge in [-0.15, -0.1) is 11.8 Å². The van der Waals surface area contributed by atoms with E-state index in [0.717, 1.165) is 0 Å². The predicted molar refractivity (Wildman–Crippen MR) is 64.8 cm³/mol. The van der Waals surface area contributed by atoms with Crippen molar-refractivity contribution >= 4 is 11.8 Å². The Morgan fingerprint density at radius 3 is 2.69 bits per heavy atom. The van der Waals surface area contributed by atoms with E-state index >= 15 is 0 Å². The molecule has 0 aliphatic heterocycles. The molecule has 0 aliphatic carbocycles. The van der Waals surface area contributed by atoms with Crippen LogP contribution in [0, 0.1) is 17.1 Å². The minimum Gasteiger partial charge on any atom is -0.299 e. The lowest BCUT2D eigenvalue weighted by Crippen LogP contribution is -2.35. The molecule has 2 nitrogen and oxygen atoms in total. The molecule has 0 saturated carbocycles. The SMILES string of the molecule is CC(C)NC(C#N)CSc1ccccc1F. The molecule has 1 unspecified atom stereocenters. The van der Waals surface area contributed by atoms with E-state index in [1.54, 1.807) is 18.2 Å². The second-order valence-electron chi connectivity index (χ2n) is 3.74. The van der Waals surface area contributed by atoms with Crippen molar-refractivity contribution in [3.05, 3.63) is 30.1 Å². The van der Waals surface area contributed by atoms with E-state index in [0.29, 0.717) is 10.6 Å². The number of hydrogen-bond acceptors (Lipinski definition) is 3. The zero-order chi connectivity index (χ0) is 12.0. The van der Waals surface area contributed by atoms with Crippen molar-refractivity contribution < 1.29 is 4.39 Å². The van der Waals surface area contributed by atoms with Crippen LogP contribution in [0.1, 0.15) is 13.8 Å². The highest BCUT2D eigenvalue weighted by Crippen LogP contribution is 2.21. The molecule has 0 aliphatic rings. The van der Waals surface area contributed by atoms with Gasteiger partial charge in [-0.05, 0) is 26.0 Å². The molecule has 0 amide bonds. The van der Waals surface area contributed by atoms with Crippen LogP contribution in [-0.4, -0.2) is 17.8 Å². The normalized spacial score (nSPS) is 12.4. The van der Waals surface area contributed by atoms with Gasteiger partial charge in [0.05, 0.1) is 6.07 Å². The van der Waals surface area contributed by atoms with Gasteiger partial charge in [0.25, 0.3) is 0 Å². The first-order valence-electron chi connectivity index (χ1n) is 5.16. The van der Waals surface area contributed by atoms with E-state index < -0.39 is 0 Å². The van der Waals surface area contributed by atoms with Crippen LogP contribution >= 0.6 is 11.8 Å². The lowest BCUT2D eigenvalue weighted by atomic mass is 10.3. The van der Waals surface area contributed by atoms with Crippen LogP contribution in [0.4, 0.5) is 4.39 Å². The lowest BCUT2D eigenvalue weighted by Gasteiger charge is -2.14. The van der Waals surface area contributed by atoms with Crippen LogP contribution < -0.4 is 5.32 Å². The van der Waals surface area contributed by atoms with Crippen molar-refractivity contribution in [2.45, 2.75) is 30.8 Å². The number of thioether (sulfide) groups is 1. The highest BCUT2D eigenvalue weighted by atomic mass is 32.2. The molecule has 0 heterocycles. The molecule has 86 valence electrons. The third kappa shape index (κ3) is 4.21. The minimum absolute atomic E-state index is 0.228. The number of nitrogens with one attached hydrogen (secondary N) is 1. The fraction of sp³-hybridized carbons (Fsp3) is 0.417. The number of benzene rings is 1. The van der Waals surface area contributed by atoms with Crippen molar-refractivity contribution in [2.24, 2.45) is 0 Å². The van der Waals surface area contributed by atoms with Crippen LogP contribution in [-0.2, 0) is 0 Å². The number of hydrogen-bond donors (Lipinski definition) is 1. The average Bonchev–Trinajstić information content (AvgIpc) is 2.25. The van der Waals surface area contributed by atoms with E-state index in [2.05, 4.69) is 11.4 Å². The van der Waals surface area contributed by atoms with E-state index in [-0.39, 0.29) is 17.9 Å². The molecule has 0 spiro atoms. The molecule has 0 aromatic heterocycles. The Balaban J connectivity index is 2.50. The molecular formula is C12H15FN2S. The van der Waals surface area contributed by atoms with Gasteiger partial charge >= 0.3 is 0 Å². The monoisotopic (exact) mass is 238 g/mol. The number of nitriles is 1. The molecule has 1 aromatic carbocycles. The summed E-state index contributed by atoms with van der Waals surface area (Å²) in [7, 11) is 0. The van der Waals surface area contributed by atoms with Crippen molar-refractivity contribution in [1.82, 2.24) is 5.32 Å². The number of rotatable bonds is 5. The third-order valence-electron chi connectivity index (χ3n) is 1.93. The summed E-state index contributed by atoms with van der Waals surface area (Å²) in [6.45, 7) is 3.97. The van der Waals surface area contributed by atoms with Gasteiger partial charge in [-0.1, -0.05) is 12.1 Å². The highest BCUT2D eigenvalue weighted by Gasteiger charge is 2.10. The Kier molecular flexibility index (Phi) is 5.30. The number of halogens is 1. The van der Waals surface area contributed by atoms with Crippen molar-refractivity contribution in [1.29, 1.82) is 5.26 Å². The van der Waals surface area contributed by atoms with Crippen LogP contribution in [0.3, 0.4) is 0 Å². The van der Waals surface area contributed by atoms with Gasteiger partial charge in [0, 0.05) is 16.7 Å². The van der Waals surface area contributed by atoms with Gasteiger partial charge in [0.1, 0.15) is 11.9 Å². The maximum atomic E-state index is 13.3. The molecule has 0 radical (unpaired) electrons. The van der Waals surface area contributed by atoms with E-state index in [9.17, 15) is 4.39 Å². The van der Waals surface area contributed by atoms with E-state index in [4.69, 9.17) is 5.26 Å². The van der Waals surface area contributed by atoms with Crippen molar-refractivity contribution in [3.63, 3.8) is 0 Å². The molecule has 1 aromatic rings. The summed E-state index contributed by atoms with van der Waals surface area (Å²) in [5.41, 5.74) is 0. The predicted octanol–water partition coefficient (Wildman–Crippen LogP) is 2.81. The molecule has 1 atom stereocenters. The topological polar surface area (TPSA) is 35.8 Å². The van der Waals surface area contributed by atoms with Crippen LogP contribution in [0.5, 0.6) is 0 Å². The maximum absolute atomic E-state index is 13.3. The fourth-order valence-electron chi connectivity index (χ4n) is 1.26. The molecule has 0 fully saturated rings. The minimum atomic E-state index is -0.246. The first kappa shape index (κ1) is 13.0. The van der Waals surface area contributed by atoms with E-state index in [1.807, 2.05) is 13.8 Å². The van der Waals surface area contributed by atoms with Crippen LogP contribution in [0.2, 0.25) is 0 Å². The van der Waals surface area contributed by atoms with Gasteiger partial charge in [0.2, 0.25) is 0 Å². The Labute approximate surface area is 99.9 Å². The third-order valence-corrected chi connectivity index (χ3v) is 3.07. The summed E-state index contributed by atoms with van der Waals surface area (Å²) in [5, 5.41) is 12.0. The summed E-state index contributed by atoms with van der Waals surface area (Å²) in [6, 6.07) is 8.79. The fourth-order valence-corrected chi connectivity index (χ4v) is 2.16. The van der Waals surface area contributed by atoms with Gasteiger partial charge in [-0.25, -0.2) is 4.39 Å². The van der Waals surface area contributed by atoms with Crippen molar-refractivity contribution in [3.8, 4) is 6.07 Å². The summed E-state index contributed by atoms with van der Waals surface area (Å²) >= 11 is 1.36. The van der Waals surface area contributed by atoms with Crippen LogP contribution in [0.25, 0.3) is 0 Å². The Hall–Kier alpha value is -1.05. The largest absolute Gasteiger partial charge is 0.299 e. The molecule has 0 saturated heterocycles. The lowest BCUT2D eigenvalue weighted by molar-refractivity contribution is 0.559. The highest BCUT2D eigenvalue weighted by molar-refractivity contribution is 7.99. The van der Waals surface area contributed by atoms with E-state index in [1.165, 1.54) is 17.8 Å². The molecule has 0 bridgehead atoms. The Morgan fingerprint density at radius 2 is 2.12 bits per heavy atom. The van der Waals surface area contributed by atoms with Gasteiger partial charge in [-0.3, -0.25) is 5.32 Å². The molecule has 1 N–H and O–H groups in total. The molecule has 1 rings (SSSR count). The van der Waals surface area contributed by atoms with Gasteiger partial charge in [0.15, 0.2) is 0 Å². The summed E-state index contributed by atoms with van der Waals surface area (Å²) in [5.74, 6) is 0.323. The first-order chi connectivity index (χ1) is 7.63. The second-order valence-corrected chi connectivity index (χ2v) is 4.81. The first-order valence-corrected chi connectivity index (χ1v) is 6.15. The summed E-state index contributed by atoms with van der Waals surface area (Å²) in [6.07, 6.45) is 0. The Bertz CT molecular complexity index is 374. The molecule has 16 heavy (non-hydrogen) atoms.